The third-order valence-electron chi connectivity index (χ3n) is 2.14. The zero-order chi connectivity index (χ0) is 13.0. The predicted octanol–water partition coefficient (Wildman–Crippen LogP) is 0.395. The van der Waals surface area contributed by atoms with Gasteiger partial charge in [0.15, 0.2) is 5.96 Å². The van der Waals surface area contributed by atoms with Gasteiger partial charge in [-0.1, -0.05) is 6.07 Å². The zero-order valence-electron chi connectivity index (χ0n) is 9.73. The van der Waals surface area contributed by atoms with Crippen molar-refractivity contribution in [1.29, 1.82) is 5.26 Å². The zero-order valence-corrected chi connectivity index (χ0v) is 9.73. The van der Waals surface area contributed by atoms with Crippen LogP contribution in [-0.4, -0.2) is 11.9 Å². The normalized spacial score (nSPS) is 10.8. The number of aryl methyl sites for hydroxylation is 2. The maximum atomic E-state index is 8.92. The van der Waals surface area contributed by atoms with Crippen LogP contribution in [0.15, 0.2) is 22.1 Å². The number of aliphatic imine (C=N–C) groups is 2. The average Bonchev–Trinajstić information content (AvgIpc) is 2.20. The molecule has 0 saturated heterocycles. The van der Waals surface area contributed by atoms with E-state index in [0.717, 1.165) is 11.1 Å². The molecule has 0 amide bonds. The molecule has 0 fully saturated rings. The Morgan fingerprint density at radius 3 is 2.35 bits per heavy atom. The maximum absolute atomic E-state index is 8.92. The molecule has 0 unspecified atom stereocenters. The second-order valence-corrected chi connectivity index (χ2v) is 3.57. The van der Waals surface area contributed by atoms with Gasteiger partial charge in [0.1, 0.15) is 0 Å². The van der Waals surface area contributed by atoms with Gasteiger partial charge in [-0.05, 0) is 31.0 Å². The summed E-state index contributed by atoms with van der Waals surface area (Å²) in [7, 11) is 0. The van der Waals surface area contributed by atoms with Crippen LogP contribution in [0.3, 0.4) is 0 Å². The molecule has 0 heterocycles. The first-order valence-corrected chi connectivity index (χ1v) is 4.89. The second-order valence-electron chi connectivity index (χ2n) is 3.57. The van der Waals surface area contributed by atoms with Crippen molar-refractivity contribution in [2.45, 2.75) is 13.8 Å². The number of nitriles is 1. The lowest BCUT2D eigenvalue weighted by Gasteiger charge is -2.04. The van der Waals surface area contributed by atoms with Gasteiger partial charge < -0.3 is 17.2 Å². The Balaban J connectivity index is 3.25. The van der Waals surface area contributed by atoms with Crippen molar-refractivity contribution in [2.24, 2.45) is 27.2 Å². The van der Waals surface area contributed by atoms with E-state index in [1.807, 2.05) is 19.9 Å². The van der Waals surface area contributed by atoms with E-state index >= 15 is 0 Å². The van der Waals surface area contributed by atoms with E-state index in [4.69, 9.17) is 22.5 Å². The summed E-state index contributed by atoms with van der Waals surface area (Å²) < 4.78 is 0. The number of guanidine groups is 2. The van der Waals surface area contributed by atoms with E-state index in [-0.39, 0.29) is 11.9 Å². The largest absolute Gasteiger partial charge is 0.370 e. The maximum Gasteiger partial charge on any atom is 0.223 e. The Morgan fingerprint density at radius 1 is 1.18 bits per heavy atom. The van der Waals surface area contributed by atoms with Crippen LogP contribution in [0.1, 0.15) is 16.7 Å². The summed E-state index contributed by atoms with van der Waals surface area (Å²) in [6.07, 6.45) is 0. The molecular formula is C11H14N6. The van der Waals surface area contributed by atoms with Crippen molar-refractivity contribution in [2.75, 3.05) is 0 Å². The molecule has 0 spiro atoms. The van der Waals surface area contributed by atoms with Gasteiger partial charge in [-0.15, -0.1) is 0 Å². The fourth-order valence-corrected chi connectivity index (χ4v) is 1.36. The van der Waals surface area contributed by atoms with Gasteiger partial charge in [-0.25, -0.2) is 4.99 Å². The van der Waals surface area contributed by atoms with Crippen molar-refractivity contribution in [3.63, 3.8) is 0 Å². The molecular weight excluding hydrogens is 216 g/mol. The molecule has 0 aliphatic rings. The summed E-state index contributed by atoms with van der Waals surface area (Å²) in [4.78, 5) is 7.65. The molecule has 0 aliphatic heterocycles. The van der Waals surface area contributed by atoms with Crippen LogP contribution in [0, 0.1) is 25.2 Å². The summed E-state index contributed by atoms with van der Waals surface area (Å²) in [6, 6.07) is 5.60. The van der Waals surface area contributed by atoms with Crippen molar-refractivity contribution >= 4 is 17.6 Å². The Labute approximate surface area is 99.5 Å². The molecule has 0 radical (unpaired) electrons. The molecule has 1 rings (SSSR count). The minimum atomic E-state index is -0.156. The van der Waals surface area contributed by atoms with Crippen molar-refractivity contribution in [1.82, 2.24) is 0 Å². The third kappa shape index (κ3) is 3.21. The number of nitrogens with zero attached hydrogens (tertiary/aromatic N) is 3. The van der Waals surface area contributed by atoms with E-state index in [1.54, 1.807) is 6.07 Å². The number of hydrogen-bond donors (Lipinski definition) is 3. The lowest BCUT2D eigenvalue weighted by Crippen LogP contribution is -2.26. The summed E-state index contributed by atoms with van der Waals surface area (Å²) in [5, 5.41) is 8.92. The first-order chi connectivity index (χ1) is 7.93. The van der Waals surface area contributed by atoms with Crippen LogP contribution < -0.4 is 17.2 Å². The molecule has 0 aliphatic carbocycles. The van der Waals surface area contributed by atoms with Gasteiger partial charge in [0.05, 0.1) is 17.3 Å². The Bertz CT molecular complexity index is 532. The highest BCUT2D eigenvalue weighted by molar-refractivity contribution is 5.93. The summed E-state index contributed by atoms with van der Waals surface area (Å²) >= 11 is 0. The van der Waals surface area contributed by atoms with Crippen LogP contribution >= 0.6 is 0 Å². The van der Waals surface area contributed by atoms with Crippen LogP contribution in [0.25, 0.3) is 0 Å². The molecule has 17 heavy (non-hydrogen) atoms. The van der Waals surface area contributed by atoms with Crippen molar-refractivity contribution < 1.29 is 0 Å². The molecule has 6 heteroatoms. The van der Waals surface area contributed by atoms with Crippen LogP contribution in [-0.2, 0) is 0 Å². The number of hydrogen-bond acceptors (Lipinski definition) is 2. The third-order valence-corrected chi connectivity index (χ3v) is 2.14. The lowest BCUT2D eigenvalue weighted by molar-refractivity contribution is 1.30. The highest BCUT2D eigenvalue weighted by Crippen LogP contribution is 2.22. The van der Waals surface area contributed by atoms with E-state index in [0.29, 0.717) is 11.3 Å². The van der Waals surface area contributed by atoms with Crippen LogP contribution in [0.2, 0.25) is 0 Å². The first-order valence-electron chi connectivity index (χ1n) is 4.89. The van der Waals surface area contributed by atoms with E-state index in [9.17, 15) is 0 Å². The molecule has 0 bridgehead atoms. The molecule has 6 N–H and O–H groups in total. The average molecular weight is 230 g/mol. The quantitative estimate of drug-likeness (QED) is 0.476. The van der Waals surface area contributed by atoms with Crippen LogP contribution in [0.5, 0.6) is 0 Å². The standard InChI is InChI=1S/C11H14N6/c1-6-3-7(2)9(4-8(6)5-12)16-11(15)17-10(13)14/h3-4H,1-2H3,(H6,13,14,15,16,17). The highest BCUT2D eigenvalue weighted by atomic mass is 15.1. The molecule has 0 saturated carbocycles. The van der Waals surface area contributed by atoms with Gasteiger partial charge in [0.2, 0.25) is 5.96 Å². The Hall–Kier alpha value is -2.55. The number of nitrogens with two attached hydrogens (primary N) is 3. The van der Waals surface area contributed by atoms with E-state index < -0.39 is 0 Å². The predicted molar refractivity (Wildman–Crippen MR) is 67.7 cm³/mol. The molecule has 6 nitrogen and oxygen atoms in total. The fraction of sp³-hybridized carbons (Fsp3) is 0.182. The molecule has 1 aromatic carbocycles. The van der Waals surface area contributed by atoms with E-state index in [1.165, 1.54) is 0 Å². The van der Waals surface area contributed by atoms with Crippen molar-refractivity contribution in [3.05, 3.63) is 28.8 Å². The van der Waals surface area contributed by atoms with Gasteiger partial charge in [0.25, 0.3) is 0 Å². The molecule has 1 aromatic rings. The fourth-order valence-electron chi connectivity index (χ4n) is 1.36. The van der Waals surface area contributed by atoms with Gasteiger partial charge >= 0.3 is 0 Å². The lowest BCUT2D eigenvalue weighted by atomic mass is 10.1. The summed E-state index contributed by atoms with van der Waals surface area (Å²) in [6.45, 7) is 3.73. The number of benzene rings is 1. The highest BCUT2D eigenvalue weighted by Gasteiger charge is 2.04. The Kier molecular flexibility index (Phi) is 3.67. The van der Waals surface area contributed by atoms with Gasteiger partial charge in [0, 0.05) is 0 Å². The Morgan fingerprint density at radius 2 is 1.82 bits per heavy atom. The van der Waals surface area contributed by atoms with Crippen LogP contribution in [0.4, 0.5) is 5.69 Å². The second kappa shape index (κ2) is 4.99. The first kappa shape index (κ1) is 12.5. The minimum Gasteiger partial charge on any atom is -0.370 e. The topological polar surface area (TPSA) is 127 Å². The SMILES string of the molecule is Cc1cc(C)c(N=C(N)N=C(N)N)cc1C#N. The minimum absolute atomic E-state index is 0.0409. The van der Waals surface area contributed by atoms with Gasteiger partial charge in [-0.3, -0.25) is 0 Å². The number of rotatable bonds is 1. The summed E-state index contributed by atoms with van der Waals surface area (Å²) in [5.41, 5.74) is 18.8. The molecule has 0 aromatic heterocycles. The van der Waals surface area contributed by atoms with E-state index in [2.05, 4.69) is 16.1 Å². The monoisotopic (exact) mass is 230 g/mol. The summed E-state index contributed by atoms with van der Waals surface area (Å²) in [5.74, 6) is -0.197. The molecule has 0 atom stereocenters. The smallest absolute Gasteiger partial charge is 0.223 e. The molecule has 88 valence electrons. The van der Waals surface area contributed by atoms with Gasteiger partial charge in [-0.2, -0.15) is 10.3 Å². The van der Waals surface area contributed by atoms with Crippen molar-refractivity contribution in [3.8, 4) is 6.07 Å².